The van der Waals surface area contributed by atoms with Crippen molar-refractivity contribution in [3.05, 3.63) is 92.2 Å². The summed E-state index contributed by atoms with van der Waals surface area (Å²) < 4.78 is 2.64. The lowest BCUT2D eigenvalue weighted by Crippen LogP contribution is -2.26. The Hall–Kier alpha value is -2.93. The van der Waals surface area contributed by atoms with Gasteiger partial charge in [-0.1, -0.05) is 41.9 Å². The number of nitrogens with zero attached hydrogens (tertiary/aromatic N) is 1. The van der Waals surface area contributed by atoms with Crippen LogP contribution in [-0.2, 0) is 13.5 Å². The van der Waals surface area contributed by atoms with E-state index in [-0.39, 0.29) is 29.6 Å². The van der Waals surface area contributed by atoms with Crippen LogP contribution in [0.5, 0.6) is 0 Å². The molecular weight excluding hydrogens is 432 g/mol. The van der Waals surface area contributed by atoms with E-state index in [1.165, 1.54) is 4.57 Å². The average Bonchev–Trinajstić information content (AvgIpc) is 3.18. The molecule has 2 aromatic heterocycles. The Morgan fingerprint density at radius 1 is 1.16 bits per heavy atom. The minimum atomic E-state index is -0.207. The molecule has 0 saturated carbocycles. The highest BCUT2D eigenvalue weighted by molar-refractivity contribution is 7.19. The van der Waals surface area contributed by atoms with Crippen molar-refractivity contribution in [3.63, 3.8) is 0 Å². The maximum Gasteiger partial charge on any atom is 0.269 e. The summed E-state index contributed by atoms with van der Waals surface area (Å²) in [6, 6.07) is 17.5. The van der Waals surface area contributed by atoms with Crippen LogP contribution in [0.2, 0.25) is 5.02 Å². The fourth-order valence-corrected chi connectivity index (χ4v) is 5.07. The lowest BCUT2D eigenvalue weighted by molar-refractivity contribution is 0.0945. The third-order valence-electron chi connectivity index (χ3n) is 5.00. The number of rotatable bonds is 6. The first-order valence-corrected chi connectivity index (χ1v) is 11.0. The number of benzene rings is 2. The van der Waals surface area contributed by atoms with Gasteiger partial charge in [-0.2, -0.15) is 0 Å². The molecule has 5 nitrogen and oxygen atoms in total. The molecule has 0 radical (unpaired) electrons. The van der Waals surface area contributed by atoms with Crippen molar-refractivity contribution in [2.75, 3.05) is 13.2 Å². The lowest BCUT2D eigenvalue weighted by atomic mass is 10.0. The maximum absolute atomic E-state index is 12.3. The van der Waals surface area contributed by atoms with Crippen LogP contribution in [0.25, 0.3) is 21.2 Å². The highest BCUT2D eigenvalue weighted by Crippen LogP contribution is 2.36. The molecule has 0 atom stereocenters. The van der Waals surface area contributed by atoms with Crippen LogP contribution in [0.1, 0.15) is 20.8 Å². The first-order chi connectivity index (χ1) is 15.0. The number of aromatic nitrogens is 1. The zero-order valence-corrected chi connectivity index (χ0v) is 18.5. The molecule has 0 unspecified atom stereocenters. The van der Waals surface area contributed by atoms with Crippen molar-refractivity contribution < 1.29 is 9.90 Å². The van der Waals surface area contributed by atoms with Gasteiger partial charge in [-0.3, -0.25) is 9.59 Å². The molecule has 1 amide bonds. The Kier molecular flexibility index (Phi) is 6.23. The van der Waals surface area contributed by atoms with Crippen LogP contribution >= 0.6 is 22.9 Å². The van der Waals surface area contributed by atoms with Crippen molar-refractivity contribution in [2.45, 2.75) is 6.42 Å². The summed E-state index contributed by atoms with van der Waals surface area (Å²) in [5.41, 5.74) is 3.35. The number of carbonyl (C=O) groups excluding carboxylic acids is 1. The van der Waals surface area contributed by atoms with Gasteiger partial charge in [0, 0.05) is 41.4 Å². The molecule has 0 aliphatic carbocycles. The summed E-state index contributed by atoms with van der Waals surface area (Å²) in [5, 5.41) is 13.0. The Morgan fingerprint density at radius 2 is 1.97 bits per heavy atom. The smallest absolute Gasteiger partial charge is 0.269 e. The van der Waals surface area contributed by atoms with E-state index in [4.69, 9.17) is 16.7 Å². The van der Waals surface area contributed by atoms with E-state index in [0.717, 1.165) is 31.7 Å². The number of fused-ring (bicyclic) bond motifs is 1. The Morgan fingerprint density at radius 3 is 2.74 bits per heavy atom. The number of hydrogen-bond donors (Lipinski definition) is 2. The second-order valence-corrected chi connectivity index (χ2v) is 8.83. The van der Waals surface area contributed by atoms with Gasteiger partial charge in [-0.05, 0) is 46.3 Å². The van der Waals surface area contributed by atoms with Crippen molar-refractivity contribution >= 4 is 38.9 Å². The molecule has 0 spiro atoms. The molecule has 2 heterocycles. The van der Waals surface area contributed by atoms with Crippen molar-refractivity contribution in [2.24, 2.45) is 7.05 Å². The van der Waals surface area contributed by atoms with Gasteiger partial charge in [0.25, 0.3) is 11.5 Å². The van der Waals surface area contributed by atoms with E-state index >= 15 is 0 Å². The van der Waals surface area contributed by atoms with E-state index in [2.05, 4.69) is 23.5 Å². The van der Waals surface area contributed by atoms with Crippen LogP contribution in [0, 0.1) is 0 Å². The van der Waals surface area contributed by atoms with E-state index in [0.29, 0.717) is 12.0 Å². The quantitative estimate of drug-likeness (QED) is 0.459. The average molecular weight is 453 g/mol. The van der Waals surface area contributed by atoms with Crippen molar-refractivity contribution in [1.29, 1.82) is 0 Å². The lowest BCUT2D eigenvalue weighted by Gasteiger charge is -2.07. The molecule has 0 aliphatic heterocycles. The van der Waals surface area contributed by atoms with Gasteiger partial charge in [0.05, 0.1) is 6.61 Å². The van der Waals surface area contributed by atoms with E-state index < -0.39 is 0 Å². The van der Waals surface area contributed by atoms with Crippen LogP contribution < -0.4 is 10.9 Å². The number of halogens is 1. The molecule has 158 valence electrons. The summed E-state index contributed by atoms with van der Waals surface area (Å²) in [5.74, 6) is -0.207. The zero-order chi connectivity index (χ0) is 22.0. The summed E-state index contributed by atoms with van der Waals surface area (Å²) in [6.45, 7) is 0.130. The van der Waals surface area contributed by atoms with Gasteiger partial charge in [-0.25, -0.2) is 0 Å². The molecular formula is C24H21ClN2O3S. The van der Waals surface area contributed by atoms with E-state index in [1.807, 2.05) is 30.5 Å². The Labute approximate surface area is 188 Å². The SMILES string of the molecule is Cn1cc(Cc2cc3cccc(-c4cccc(C(=O)NCCO)c4)c3s2)cc(Cl)c1=O. The second kappa shape index (κ2) is 9.06. The first-order valence-electron chi connectivity index (χ1n) is 9.82. The summed E-state index contributed by atoms with van der Waals surface area (Å²) in [7, 11) is 1.70. The molecule has 2 N–H and O–H groups in total. The van der Waals surface area contributed by atoms with Crippen molar-refractivity contribution in [1.82, 2.24) is 9.88 Å². The molecule has 31 heavy (non-hydrogen) atoms. The maximum atomic E-state index is 12.3. The number of amides is 1. The largest absolute Gasteiger partial charge is 0.395 e. The van der Waals surface area contributed by atoms with E-state index in [9.17, 15) is 9.59 Å². The third kappa shape index (κ3) is 4.56. The van der Waals surface area contributed by atoms with Gasteiger partial charge < -0.3 is 15.0 Å². The molecule has 0 aliphatic rings. The highest BCUT2D eigenvalue weighted by atomic mass is 35.5. The number of carbonyl (C=O) groups is 1. The predicted octanol–water partition coefficient (Wildman–Crippen LogP) is 4.23. The third-order valence-corrected chi connectivity index (χ3v) is 6.46. The topological polar surface area (TPSA) is 71.3 Å². The number of nitrogens with one attached hydrogen (secondary N) is 1. The second-order valence-electron chi connectivity index (χ2n) is 7.29. The van der Waals surface area contributed by atoms with E-state index in [1.54, 1.807) is 30.5 Å². The van der Waals surface area contributed by atoms with Gasteiger partial charge in [0.1, 0.15) is 5.02 Å². The number of thiophene rings is 1. The van der Waals surface area contributed by atoms with Crippen LogP contribution in [0.3, 0.4) is 0 Å². The summed E-state index contributed by atoms with van der Waals surface area (Å²) in [4.78, 5) is 25.3. The van der Waals surface area contributed by atoms with Crippen molar-refractivity contribution in [3.8, 4) is 11.1 Å². The molecule has 0 saturated heterocycles. The molecule has 0 bridgehead atoms. The molecule has 0 fully saturated rings. The minimum Gasteiger partial charge on any atom is -0.395 e. The first kappa shape index (κ1) is 21.3. The van der Waals surface area contributed by atoms with Gasteiger partial charge in [-0.15, -0.1) is 11.3 Å². The fraction of sp³-hybridized carbons (Fsp3) is 0.167. The Bertz CT molecular complexity index is 1300. The molecule has 7 heteroatoms. The summed E-state index contributed by atoms with van der Waals surface area (Å²) in [6.07, 6.45) is 2.49. The minimum absolute atomic E-state index is 0.0938. The normalized spacial score (nSPS) is 11.1. The van der Waals surface area contributed by atoms with Gasteiger partial charge >= 0.3 is 0 Å². The number of hydrogen-bond acceptors (Lipinski definition) is 4. The number of aryl methyl sites for hydroxylation is 1. The zero-order valence-electron chi connectivity index (χ0n) is 16.9. The predicted molar refractivity (Wildman–Crippen MR) is 126 cm³/mol. The Balaban J connectivity index is 1.69. The fourth-order valence-electron chi connectivity index (χ4n) is 3.57. The number of pyridine rings is 1. The van der Waals surface area contributed by atoms with Gasteiger partial charge in [0.15, 0.2) is 0 Å². The standard InChI is InChI=1S/C24H21ClN2O3S/c1-27-14-15(11-21(25)24(27)30)10-19-13-17-5-3-7-20(22(17)31-19)16-4-2-6-18(12-16)23(29)26-8-9-28/h2-7,11-14,28H,8-10H2,1H3,(H,26,29). The molecule has 4 aromatic rings. The summed E-state index contributed by atoms with van der Waals surface area (Å²) >= 11 is 7.76. The van der Waals surface area contributed by atoms with Crippen LogP contribution in [0.15, 0.2) is 65.6 Å². The van der Waals surface area contributed by atoms with Crippen LogP contribution in [-0.4, -0.2) is 28.7 Å². The molecule has 4 rings (SSSR count). The molecule has 2 aromatic carbocycles. The van der Waals surface area contributed by atoms with Gasteiger partial charge in [0.2, 0.25) is 0 Å². The highest BCUT2D eigenvalue weighted by Gasteiger charge is 2.12. The number of aliphatic hydroxyl groups is 1. The number of aliphatic hydroxyl groups excluding tert-OH is 1. The monoisotopic (exact) mass is 452 g/mol. The van der Waals surface area contributed by atoms with Crippen LogP contribution in [0.4, 0.5) is 0 Å².